The van der Waals surface area contributed by atoms with E-state index >= 15 is 0 Å². The molecule has 2 N–H and O–H groups in total. The van der Waals surface area contributed by atoms with Gasteiger partial charge < -0.3 is 10.2 Å². The molecule has 0 radical (unpaired) electrons. The van der Waals surface area contributed by atoms with Gasteiger partial charge in [-0.25, -0.2) is 0 Å². The average Bonchev–Trinajstić information content (AvgIpc) is 2.53. The highest BCUT2D eigenvalue weighted by Crippen LogP contribution is 2.23. The number of hydrogen-bond acceptors (Lipinski definition) is 4. The van der Waals surface area contributed by atoms with Crippen molar-refractivity contribution in [2.45, 2.75) is 0 Å². The van der Waals surface area contributed by atoms with Gasteiger partial charge in [0.2, 0.25) is 0 Å². The summed E-state index contributed by atoms with van der Waals surface area (Å²) in [5.74, 6) is 0.572. The zero-order valence-electron chi connectivity index (χ0n) is 6.27. The molecule has 0 bridgehead atoms. The number of nitrogens with zero attached hydrogens (tertiary/aromatic N) is 2. The molecule has 2 aromatic rings. The molecule has 0 unspecified atom stereocenters. The quantitative estimate of drug-likeness (QED) is 0.685. The first-order valence-electron chi connectivity index (χ1n) is 3.49. The SMILES string of the molecule is Nc1ccoc1-c1cccnn1. The molecule has 0 amide bonds. The molecule has 2 aromatic heterocycles. The Kier molecular flexibility index (Phi) is 1.51. The number of nitrogen functional groups attached to an aromatic ring is 1. The van der Waals surface area contributed by atoms with Crippen molar-refractivity contribution in [1.29, 1.82) is 0 Å². The predicted molar refractivity (Wildman–Crippen MR) is 44.1 cm³/mol. The van der Waals surface area contributed by atoms with Crippen LogP contribution in [0.25, 0.3) is 11.5 Å². The van der Waals surface area contributed by atoms with Crippen molar-refractivity contribution in [2.24, 2.45) is 0 Å². The van der Waals surface area contributed by atoms with Gasteiger partial charge in [0.1, 0.15) is 5.69 Å². The molecule has 0 aliphatic heterocycles. The van der Waals surface area contributed by atoms with Gasteiger partial charge in [-0.1, -0.05) is 0 Å². The van der Waals surface area contributed by atoms with Crippen LogP contribution < -0.4 is 5.73 Å². The highest BCUT2D eigenvalue weighted by Gasteiger charge is 2.06. The first-order chi connectivity index (χ1) is 5.88. The Bertz CT molecular complexity index is 369. The van der Waals surface area contributed by atoms with Crippen LogP contribution in [0.1, 0.15) is 0 Å². The molecule has 0 aliphatic rings. The monoisotopic (exact) mass is 161 g/mol. The van der Waals surface area contributed by atoms with Crippen LogP contribution in [0.15, 0.2) is 35.1 Å². The number of nitrogens with two attached hydrogens (primary N) is 1. The van der Waals surface area contributed by atoms with Gasteiger partial charge in [-0.15, -0.1) is 5.10 Å². The van der Waals surface area contributed by atoms with Crippen LogP contribution in [0.5, 0.6) is 0 Å². The molecule has 0 aromatic carbocycles. The van der Waals surface area contributed by atoms with E-state index in [4.69, 9.17) is 10.2 Å². The van der Waals surface area contributed by atoms with Crippen molar-refractivity contribution in [3.8, 4) is 11.5 Å². The average molecular weight is 161 g/mol. The van der Waals surface area contributed by atoms with Gasteiger partial charge in [0, 0.05) is 12.3 Å². The fraction of sp³-hybridized carbons (Fsp3) is 0. The Labute approximate surface area is 69.0 Å². The highest BCUT2D eigenvalue weighted by atomic mass is 16.3. The standard InChI is InChI=1S/C8H7N3O/c9-6-3-5-12-8(6)7-2-1-4-10-11-7/h1-5H,9H2. The molecule has 4 nitrogen and oxygen atoms in total. The van der Waals surface area contributed by atoms with Gasteiger partial charge in [0.05, 0.1) is 12.0 Å². The molecule has 0 fully saturated rings. The second kappa shape index (κ2) is 2.65. The summed E-state index contributed by atoms with van der Waals surface area (Å²) in [5, 5.41) is 7.57. The van der Waals surface area contributed by atoms with Crippen molar-refractivity contribution in [3.63, 3.8) is 0 Å². The molecule has 2 heterocycles. The molecule has 60 valence electrons. The molecule has 0 spiro atoms. The lowest BCUT2D eigenvalue weighted by Gasteiger charge is -1.94. The van der Waals surface area contributed by atoms with Gasteiger partial charge in [0.25, 0.3) is 0 Å². The van der Waals surface area contributed by atoms with E-state index in [-0.39, 0.29) is 0 Å². The van der Waals surface area contributed by atoms with Crippen LogP contribution in [0.2, 0.25) is 0 Å². The van der Waals surface area contributed by atoms with E-state index in [9.17, 15) is 0 Å². The maximum Gasteiger partial charge on any atom is 0.176 e. The molecule has 2 rings (SSSR count). The van der Waals surface area contributed by atoms with E-state index in [1.807, 2.05) is 0 Å². The van der Waals surface area contributed by atoms with E-state index in [1.165, 1.54) is 6.26 Å². The van der Waals surface area contributed by atoms with Crippen molar-refractivity contribution in [1.82, 2.24) is 10.2 Å². The maximum absolute atomic E-state index is 5.61. The number of anilines is 1. The van der Waals surface area contributed by atoms with Crippen LogP contribution in [-0.2, 0) is 0 Å². The molecule has 0 saturated heterocycles. The second-order valence-corrected chi connectivity index (χ2v) is 2.31. The summed E-state index contributed by atoms with van der Waals surface area (Å²) in [5.41, 5.74) is 6.84. The minimum absolute atomic E-state index is 0.572. The molecule has 0 aliphatic carbocycles. The van der Waals surface area contributed by atoms with Gasteiger partial charge in [-0.2, -0.15) is 5.10 Å². The predicted octanol–water partition coefficient (Wildman–Crippen LogP) is 1.32. The van der Waals surface area contributed by atoms with Crippen molar-refractivity contribution in [3.05, 3.63) is 30.7 Å². The molecule has 4 heteroatoms. The summed E-state index contributed by atoms with van der Waals surface area (Å²) in [6.07, 6.45) is 3.13. The Balaban J connectivity index is 2.51. The van der Waals surface area contributed by atoms with Gasteiger partial charge in [-0.05, 0) is 12.1 Å². The lowest BCUT2D eigenvalue weighted by molar-refractivity contribution is 0.579. The number of rotatable bonds is 1. The van der Waals surface area contributed by atoms with Gasteiger partial charge in [-0.3, -0.25) is 0 Å². The van der Waals surface area contributed by atoms with Gasteiger partial charge in [0.15, 0.2) is 5.76 Å². The molecule has 12 heavy (non-hydrogen) atoms. The number of furan rings is 1. The Morgan fingerprint density at radius 1 is 1.33 bits per heavy atom. The summed E-state index contributed by atoms with van der Waals surface area (Å²) >= 11 is 0. The van der Waals surface area contributed by atoms with E-state index in [2.05, 4.69) is 10.2 Å². The lowest BCUT2D eigenvalue weighted by atomic mass is 10.3. The largest absolute Gasteiger partial charge is 0.460 e. The van der Waals surface area contributed by atoms with Crippen molar-refractivity contribution < 1.29 is 4.42 Å². The third-order valence-electron chi connectivity index (χ3n) is 1.50. The Hall–Kier alpha value is -1.84. The Morgan fingerprint density at radius 3 is 2.83 bits per heavy atom. The summed E-state index contributed by atoms with van der Waals surface area (Å²) < 4.78 is 5.12. The lowest BCUT2D eigenvalue weighted by Crippen LogP contribution is -1.88. The summed E-state index contributed by atoms with van der Waals surface area (Å²) in [6.45, 7) is 0. The van der Waals surface area contributed by atoms with Crippen LogP contribution in [0, 0.1) is 0 Å². The van der Waals surface area contributed by atoms with E-state index in [0.29, 0.717) is 17.1 Å². The van der Waals surface area contributed by atoms with Crippen molar-refractivity contribution >= 4 is 5.69 Å². The van der Waals surface area contributed by atoms with Gasteiger partial charge >= 0.3 is 0 Å². The summed E-state index contributed by atoms with van der Waals surface area (Å²) in [4.78, 5) is 0. The maximum atomic E-state index is 5.61. The summed E-state index contributed by atoms with van der Waals surface area (Å²) in [6, 6.07) is 5.26. The Morgan fingerprint density at radius 2 is 2.25 bits per heavy atom. The second-order valence-electron chi connectivity index (χ2n) is 2.31. The zero-order valence-corrected chi connectivity index (χ0v) is 6.27. The number of hydrogen-bond donors (Lipinski definition) is 1. The topological polar surface area (TPSA) is 64.9 Å². The third-order valence-corrected chi connectivity index (χ3v) is 1.50. The minimum atomic E-state index is 0.572. The fourth-order valence-corrected chi connectivity index (χ4v) is 0.950. The molecule has 0 saturated carbocycles. The molecular formula is C8H7N3O. The van der Waals surface area contributed by atoms with Crippen LogP contribution in [0.4, 0.5) is 5.69 Å². The van der Waals surface area contributed by atoms with E-state index in [1.54, 1.807) is 24.4 Å². The smallest absolute Gasteiger partial charge is 0.176 e. The summed E-state index contributed by atoms with van der Waals surface area (Å²) in [7, 11) is 0. The minimum Gasteiger partial charge on any atom is -0.460 e. The fourth-order valence-electron chi connectivity index (χ4n) is 0.950. The van der Waals surface area contributed by atoms with E-state index in [0.717, 1.165) is 0 Å². The first-order valence-corrected chi connectivity index (χ1v) is 3.49. The first kappa shape index (κ1) is 6.84. The highest BCUT2D eigenvalue weighted by molar-refractivity contribution is 5.67. The van der Waals surface area contributed by atoms with E-state index < -0.39 is 0 Å². The van der Waals surface area contributed by atoms with Crippen molar-refractivity contribution in [2.75, 3.05) is 5.73 Å². The van der Waals surface area contributed by atoms with Crippen LogP contribution >= 0.6 is 0 Å². The number of aromatic nitrogens is 2. The molecular weight excluding hydrogens is 154 g/mol. The third kappa shape index (κ3) is 1.03. The van der Waals surface area contributed by atoms with Crippen LogP contribution in [-0.4, -0.2) is 10.2 Å². The normalized spacial score (nSPS) is 10.0. The molecule has 0 atom stereocenters. The zero-order chi connectivity index (χ0) is 8.39. The van der Waals surface area contributed by atoms with Crippen LogP contribution in [0.3, 0.4) is 0 Å².